The predicted molar refractivity (Wildman–Crippen MR) is 126 cm³/mol. The second kappa shape index (κ2) is 8.99. The van der Waals surface area contributed by atoms with E-state index in [4.69, 9.17) is 5.73 Å². The van der Waals surface area contributed by atoms with Gasteiger partial charge in [-0.15, -0.1) is 11.3 Å². The number of hydrogen-bond acceptors (Lipinski definition) is 6. The number of amides is 1. The Bertz CT molecular complexity index is 1090. The maximum atomic E-state index is 13.0. The number of Topliss-reactive ketones (excluding diaryl/α,β-unsaturated/α-hetero) is 1. The fourth-order valence-electron chi connectivity index (χ4n) is 3.12. The van der Waals surface area contributed by atoms with Crippen LogP contribution in [0.1, 0.15) is 53.1 Å². The van der Waals surface area contributed by atoms with E-state index in [0.717, 1.165) is 16.1 Å². The molecule has 0 radical (unpaired) electrons. The third kappa shape index (κ3) is 4.84. The monoisotopic (exact) mass is 436 g/mol. The summed E-state index contributed by atoms with van der Waals surface area (Å²) in [5.41, 5.74) is 8.42. The number of aromatic nitrogens is 1. The summed E-state index contributed by atoms with van der Waals surface area (Å²) in [7, 11) is 3.70. The van der Waals surface area contributed by atoms with Gasteiger partial charge in [-0.05, 0) is 64.7 Å². The first kappa shape index (κ1) is 22.7. The Morgan fingerprint density at radius 1 is 1.16 bits per heavy atom. The molecule has 0 aliphatic heterocycles. The number of anilines is 1. The summed E-state index contributed by atoms with van der Waals surface area (Å²) in [5.74, 6) is -0.391. The highest BCUT2D eigenvalue weighted by molar-refractivity contribution is 7.13. The topological polar surface area (TPSA) is 88.3 Å². The summed E-state index contributed by atoms with van der Waals surface area (Å²) >= 11 is 1.57. The normalized spacial score (nSPS) is 12.6. The number of nitrogens with zero attached hydrogens (tertiary/aromatic N) is 2. The fraction of sp³-hybridized carbons (Fsp3) is 0.292. The third-order valence-corrected chi connectivity index (χ3v) is 6.47. The Kier molecular flexibility index (Phi) is 6.57. The minimum atomic E-state index is -0.701. The van der Waals surface area contributed by atoms with Gasteiger partial charge in [0.2, 0.25) is 0 Å². The van der Waals surface area contributed by atoms with E-state index < -0.39 is 5.54 Å². The van der Waals surface area contributed by atoms with Crippen LogP contribution in [0.4, 0.5) is 5.69 Å². The maximum Gasteiger partial charge on any atom is 0.253 e. The van der Waals surface area contributed by atoms with Gasteiger partial charge in [0.15, 0.2) is 5.78 Å². The minimum absolute atomic E-state index is 0.0734. The number of rotatable bonds is 7. The summed E-state index contributed by atoms with van der Waals surface area (Å²) < 4.78 is 0. The van der Waals surface area contributed by atoms with Crippen LogP contribution in [-0.2, 0) is 0 Å². The molecular weight excluding hydrogens is 408 g/mol. The van der Waals surface area contributed by atoms with Crippen LogP contribution < -0.4 is 11.1 Å². The smallest absolute Gasteiger partial charge is 0.253 e. The Morgan fingerprint density at radius 2 is 1.90 bits per heavy atom. The largest absolute Gasteiger partial charge is 0.398 e. The second-order valence-corrected chi connectivity index (χ2v) is 9.14. The predicted octanol–water partition coefficient (Wildman–Crippen LogP) is 4.41. The van der Waals surface area contributed by atoms with Crippen molar-refractivity contribution in [1.82, 2.24) is 15.2 Å². The van der Waals surface area contributed by atoms with Crippen LogP contribution in [0.3, 0.4) is 0 Å². The van der Waals surface area contributed by atoms with Crippen LogP contribution in [0.15, 0.2) is 54.0 Å². The van der Waals surface area contributed by atoms with Crippen LogP contribution in [0, 0.1) is 0 Å². The maximum absolute atomic E-state index is 13.0. The van der Waals surface area contributed by atoms with Crippen LogP contribution in [0.5, 0.6) is 0 Å². The summed E-state index contributed by atoms with van der Waals surface area (Å²) in [6.45, 7) is 5.62. The van der Waals surface area contributed by atoms with Crippen molar-refractivity contribution < 1.29 is 9.59 Å². The molecule has 0 saturated heterocycles. The van der Waals surface area contributed by atoms with E-state index in [1.54, 1.807) is 35.7 Å². The summed E-state index contributed by atoms with van der Waals surface area (Å²) in [6.07, 6.45) is 1.77. The molecule has 6 nitrogen and oxygen atoms in total. The number of ketones is 1. The van der Waals surface area contributed by atoms with Gasteiger partial charge in [0.1, 0.15) is 5.01 Å². The van der Waals surface area contributed by atoms with E-state index in [2.05, 4.69) is 10.3 Å². The summed E-state index contributed by atoms with van der Waals surface area (Å²) in [6, 6.07) is 12.5. The summed E-state index contributed by atoms with van der Waals surface area (Å²) in [4.78, 5) is 32.2. The molecule has 1 atom stereocenters. The molecule has 0 fully saturated rings. The van der Waals surface area contributed by atoms with Gasteiger partial charge in [-0.2, -0.15) is 0 Å². The van der Waals surface area contributed by atoms with Crippen molar-refractivity contribution in [2.75, 3.05) is 19.8 Å². The van der Waals surface area contributed by atoms with Gasteiger partial charge in [0.05, 0.1) is 17.1 Å². The van der Waals surface area contributed by atoms with Gasteiger partial charge in [-0.25, -0.2) is 4.98 Å². The quantitative estimate of drug-likeness (QED) is 0.423. The number of likely N-dealkylation sites (N-methyl/N-ethyl adjacent to an activating group) is 1. The highest BCUT2D eigenvalue weighted by Crippen LogP contribution is 2.26. The third-order valence-electron chi connectivity index (χ3n) is 5.65. The van der Waals surface area contributed by atoms with E-state index in [9.17, 15) is 9.59 Å². The molecule has 3 aromatic rings. The van der Waals surface area contributed by atoms with Crippen LogP contribution in [0.25, 0.3) is 10.6 Å². The van der Waals surface area contributed by atoms with Crippen molar-refractivity contribution in [3.05, 3.63) is 70.7 Å². The SMILES string of the molecule is CC(NC(=O)c1cc(C(=O)C(C)(C)N(C)C)ccc1N)c1cccc(-c2nccs2)c1. The minimum Gasteiger partial charge on any atom is -0.398 e. The Morgan fingerprint density at radius 3 is 2.55 bits per heavy atom. The molecule has 0 aliphatic rings. The van der Waals surface area contributed by atoms with Crippen molar-refractivity contribution in [3.8, 4) is 10.6 Å². The van der Waals surface area contributed by atoms with E-state index in [-0.39, 0.29) is 17.7 Å². The standard InChI is InChI=1S/C24H28N4O2S/c1-15(16-7-6-8-18(13-16)23-26-11-12-31-23)27-22(30)19-14-17(9-10-20(19)25)21(29)24(2,3)28(4)5/h6-15H,25H2,1-5H3,(H,27,30). The number of nitrogens with one attached hydrogen (secondary N) is 1. The van der Waals surface area contributed by atoms with Crippen molar-refractivity contribution in [3.63, 3.8) is 0 Å². The average Bonchev–Trinajstić information content (AvgIpc) is 3.28. The lowest BCUT2D eigenvalue weighted by Gasteiger charge is -2.31. The van der Waals surface area contributed by atoms with E-state index in [0.29, 0.717) is 16.8 Å². The number of carbonyl (C=O) groups is 2. The van der Waals surface area contributed by atoms with E-state index in [1.807, 2.05) is 69.4 Å². The molecule has 0 saturated carbocycles. The Hall–Kier alpha value is -3.03. The van der Waals surface area contributed by atoms with Crippen LogP contribution in [0.2, 0.25) is 0 Å². The number of nitrogen functional groups attached to an aromatic ring is 1. The van der Waals surface area contributed by atoms with Gasteiger partial charge < -0.3 is 11.1 Å². The zero-order valence-electron chi connectivity index (χ0n) is 18.5. The van der Waals surface area contributed by atoms with Gasteiger partial charge in [-0.1, -0.05) is 18.2 Å². The molecule has 0 aliphatic carbocycles. The first-order valence-corrected chi connectivity index (χ1v) is 10.9. The van der Waals surface area contributed by atoms with Crippen LogP contribution in [-0.4, -0.2) is 41.2 Å². The molecule has 0 bridgehead atoms. The molecule has 1 heterocycles. The molecule has 1 aromatic heterocycles. The Labute approximate surface area is 187 Å². The number of carbonyl (C=O) groups excluding carboxylic acids is 2. The number of nitrogens with two attached hydrogens (primary N) is 1. The van der Waals surface area contributed by atoms with Gasteiger partial charge in [-0.3, -0.25) is 14.5 Å². The molecule has 3 rings (SSSR count). The van der Waals surface area contributed by atoms with Crippen molar-refractivity contribution in [2.24, 2.45) is 0 Å². The van der Waals surface area contributed by atoms with Crippen LogP contribution >= 0.6 is 11.3 Å². The zero-order valence-corrected chi connectivity index (χ0v) is 19.3. The van der Waals surface area contributed by atoms with Crippen molar-refractivity contribution in [1.29, 1.82) is 0 Å². The number of thiazole rings is 1. The molecule has 3 N–H and O–H groups in total. The number of benzene rings is 2. The van der Waals surface area contributed by atoms with Crippen molar-refractivity contribution >= 4 is 28.7 Å². The molecule has 1 unspecified atom stereocenters. The van der Waals surface area contributed by atoms with E-state index in [1.165, 1.54) is 0 Å². The number of hydrogen-bond donors (Lipinski definition) is 2. The lowest BCUT2D eigenvalue weighted by atomic mass is 9.91. The van der Waals surface area contributed by atoms with Gasteiger partial charge in [0, 0.05) is 28.4 Å². The van der Waals surface area contributed by atoms with Crippen molar-refractivity contribution in [2.45, 2.75) is 32.4 Å². The van der Waals surface area contributed by atoms with Gasteiger partial charge >= 0.3 is 0 Å². The Balaban J connectivity index is 1.82. The first-order chi connectivity index (χ1) is 14.6. The lowest BCUT2D eigenvalue weighted by molar-refractivity contribution is 0.0755. The van der Waals surface area contributed by atoms with Gasteiger partial charge in [0.25, 0.3) is 5.91 Å². The fourth-order valence-corrected chi connectivity index (χ4v) is 3.75. The highest BCUT2D eigenvalue weighted by atomic mass is 32.1. The average molecular weight is 437 g/mol. The molecule has 162 valence electrons. The molecule has 31 heavy (non-hydrogen) atoms. The summed E-state index contributed by atoms with van der Waals surface area (Å²) in [5, 5.41) is 5.86. The molecule has 0 spiro atoms. The van der Waals surface area contributed by atoms with E-state index >= 15 is 0 Å². The zero-order chi connectivity index (χ0) is 22.8. The lowest BCUT2D eigenvalue weighted by Crippen LogP contribution is -2.45. The highest BCUT2D eigenvalue weighted by Gasteiger charge is 2.31. The second-order valence-electron chi connectivity index (χ2n) is 8.24. The molecule has 1 amide bonds. The molecule has 2 aromatic carbocycles. The first-order valence-electron chi connectivity index (χ1n) is 10.0. The molecular formula is C24H28N4O2S. The molecule has 7 heteroatoms.